The van der Waals surface area contributed by atoms with Crippen LogP contribution in [-0.2, 0) is 0 Å². The van der Waals surface area contributed by atoms with Crippen molar-refractivity contribution in [2.24, 2.45) is 0 Å². The van der Waals surface area contributed by atoms with Crippen molar-refractivity contribution in [3.63, 3.8) is 0 Å². The maximum absolute atomic E-state index is 5.03. The van der Waals surface area contributed by atoms with Gasteiger partial charge in [0, 0.05) is 56.5 Å². The molecule has 0 unspecified atom stereocenters. The Labute approximate surface area is 324 Å². The lowest BCUT2D eigenvalue weighted by atomic mass is 9.99. The highest BCUT2D eigenvalue weighted by atomic mass is 14.9. The highest BCUT2D eigenvalue weighted by Crippen LogP contribution is 2.33. The van der Waals surface area contributed by atoms with Crippen LogP contribution in [0, 0.1) is 0 Å². The van der Waals surface area contributed by atoms with Gasteiger partial charge >= 0.3 is 0 Å². The van der Waals surface area contributed by atoms with Gasteiger partial charge in [0.15, 0.2) is 11.6 Å². The average molecular weight is 717 g/mol. The van der Waals surface area contributed by atoms with Crippen LogP contribution >= 0.6 is 0 Å². The number of benzene rings is 6. The molecule has 0 atom stereocenters. The number of fused-ring (bicyclic) bond motifs is 2. The van der Waals surface area contributed by atoms with Gasteiger partial charge in [-0.1, -0.05) is 146 Å². The van der Waals surface area contributed by atoms with Crippen LogP contribution in [0.15, 0.2) is 194 Å². The van der Waals surface area contributed by atoms with Gasteiger partial charge in [0.2, 0.25) is 0 Å². The number of aromatic nitrogens is 6. The van der Waals surface area contributed by atoms with Gasteiger partial charge in [-0.15, -0.1) is 0 Å². The van der Waals surface area contributed by atoms with Gasteiger partial charge in [0.05, 0.1) is 33.8 Å². The Bertz CT molecular complexity index is 2790. The molecule has 262 valence electrons. The second-order valence-corrected chi connectivity index (χ2v) is 13.6. The molecule has 0 saturated carbocycles. The van der Waals surface area contributed by atoms with Crippen molar-refractivity contribution in [1.29, 1.82) is 0 Å². The minimum absolute atomic E-state index is 0.672. The molecule has 0 aliphatic carbocycles. The van der Waals surface area contributed by atoms with Crippen LogP contribution < -0.4 is 0 Å². The van der Waals surface area contributed by atoms with Crippen LogP contribution in [0.2, 0.25) is 0 Å². The third-order valence-electron chi connectivity index (χ3n) is 9.98. The van der Waals surface area contributed by atoms with Gasteiger partial charge in [-0.3, -0.25) is 9.97 Å². The van der Waals surface area contributed by atoms with Crippen molar-refractivity contribution in [3.8, 4) is 78.9 Å². The third kappa shape index (κ3) is 6.57. The molecule has 0 saturated heterocycles. The smallest absolute Gasteiger partial charge is 0.160 e. The molecular formula is C50H32N6. The molecule has 0 N–H and O–H groups in total. The third-order valence-corrected chi connectivity index (χ3v) is 9.98. The molecule has 0 amide bonds. The van der Waals surface area contributed by atoms with Crippen LogP contribution in [0.3, 0.4) is 0 Å². The normalized spacial score (nSPS) is 11.2. The van der Waals surface area contributed by atoms with Crippen LogP contribution in [0.1, 0.15) is 0 Å². The molecule has 0 spiro atoms. The lowest BCUT2D eigenvalue weighted by Crippen LogP contribution is -1.96. The molecule has 10 rings (SSSR count). The summed E-state index contributed by atoms with van der Waals surface area (Å²) in [4.78, 5) is 29.5. The zero-order chi connectivity index (χ0) is 37.3. The van der Waals surface area contributed by atoms with E-state index in [-0.39, 0.29) is 0 Å². The maximum Gasteiger partial charge on any atom is 0.160 e. The van der Waals surface area contributed by atoms with Crippen molar-refractivity contribution in [1.82, 2.24) is 29.9 Å². The Balaban J connectivity index is 0.980. The van der Waals surface area contributed by atoms with Gasteiger partial charge in [-0.05, 0) is 47.5 Å². The lowest BCUT2D eigenvalue weighted by Gasteiger charge is -2.11. The summed E-state index contributed by atoms with van der Waals surface area (Å²) in [6, 6.07) is 62.0. The topological polar surface area (TPSA) is 77.3 Å². The highest BCUT2D eigenvalue weighted by molar-refractivity contribution is 5.85. The first kappa shape index (κ1) is 32.9. The molecule has 4 aromatic heterocycles. The predicted octanol–water partition coefficient (Wildman–Crippen LogP) is 12.0. The molecule has 6 nitrogen and oxygen atoms in total. The summed E-state index contributed by atoms with van der Waals surface area (Å²) in [5.74, 6) is 1.34. The van der Waals surface area contributed by atoms with Crippen LogP contribution in [-0.4, -0.2) is 29.9 Å². The number of hydrogen-bond acceptors (Lipinski definition) is 6. The molecule has 0 radical (unpaired) electrons. The molecule has 10 aromatic rings. The van der Waals surface area contributed by atoms with E-state index in [0.29, 0.717) is 11.6 Å². The Kier molecular flexibility index (Phi) is 8.39. The van der Waals surface area contributed by atoms with Gasteiger partial charge in [0.1, 0.15) is 0 Å². The molecule has 0 fully saturated rings. The summed E-state index contributed by atoms with van der Waals surface area (Å²) in [5.41, 5.74) is 13.3. The summed E-state index contributed by atoms with van der Waals surface area (Å²) in [7, 11) is 0. The Morgan fingerprint density at radius 1 is 0.250 bits per heavy atom. The van der Waals surface area contributed by atoms with Crippen molar-refractivity contribution in [2.45, 2.75) is 0 Å². The maximum atomic E-state index is 5.03. The van der Waals surface area contributed by atoms with E-state index in [0.717, 1.165) is 89.1 Å². The summed E-state index contributed by atoms with van der Waals surface area (Å²) >= 11 is 0. The van der Waals surface area contributed by atoms with Crippen molar-refractivity contribution in [2.75, 3.05) is 0 Å². The number of nitrogens with zero attached hydrogens (tertiary/aromatic N) is 6. The molecule has 6 heteroatoms. The van der Waals surface area contributed by atoms with Gasteiger partial charge < -0.3 is 0 Å². The van der Waals surface area contributed by atoms with Crippen molar-refractivity contribution < 1.29 is 0 Å². The SMILES string of the molecule is c1ccc(-c2nc(-c3ccc(-c4ccc(-c5cc(-c6cnc7ccccc7c6)nc(-c6ccccc6)n5)cc4)cc3)cc(-c3cnc4ccccc4c3)n2)cc1. The fraction of sp³-hybridized carbons (Fsp3) is 0. The first-order chi connectivity index (χ1) is 27.7. The molecule has 56 heavy (non-hydrogen) atoms. The van der Waals surface area contributed by atoms with E-state index in [1.807, 2.05) is 109 Å². The summed E-state index contributed by atoms with van der Waals surface area (Å²) < 4.78 is 0. The molecule has 0 aliphatic rings. The van der Waals surface area contributed by atoms with Crippen LogP contribution in [0.4, 0.5) is 0 Å². The molecule has 4 heterocycles. The number of para-hydroxylation sites is 2. The highest BCUT2D eigenvalue weighted by Gasteiger charge is 2.14. The zero-order valence-corrected chi connectivity index (χ0v) is 30.2. The fourth-order valence-electron chi connectivity index (χ4n) is 7.01. The van der Waals surface area contributed by atoms with Gasteiger partial charge in [-0.2, -0.15) is 0 Å². The van der Waals surface area contributed by atoms with E-state index in [4.69, 9.17) is 29.9 Å². The van der Waals surface area contributed by atoms with E-state index < -0.39 is 0 Å². The number of pyridine rings is 2. The zero-order valence-electron chi connectivity index (χ0n) is 30.2. The van der Waals surface area contributed by atoms with E-state index >= 15 is 0 Å². The molecule has 6 aromatic carbocycles. The van der Waals surface area contributed by atoms with E-state index in [1.165, 1.54) is 0 Å². The first-order valence-electron chi connectivity index (χ1n) is 18.5. The largest absolute Gasteiger partial charge is 0.256 e. The van der Waals surface area contributed by atoms with Gasteiger partial charge in [0.25, 0.3) is 0 Å². The Morgan fingerprint density at radius 3 is 1.00 bits per heavy atom. The summed E-state index contributed by atoms with van der Waals surface area (Å²) in [6.45, 7) is 0. The monoisotopic (exact) mass is 716 g/mol. The summed E-state index contributed by atoms with van der Waals surface area (Å²) in [6.07, 6.45) is 3.78. The second kappa shape index (κ2) is 14.3. The fourth-order valence-corrected chi connectivity index (χ4v) is 7.01. The Morgan fingerprint density at radius 2 is 0.589 bits per heavy atom. The minimum atomic E-state index is 0.672. The second-order valence-electron chi connectivity index (χ2n) is 13.6. The van der Waals surface area contributed by atoms with Crippen LogP contribution in [0.25, 0.3) is 101 Å². The lowest BCUT2D eigenvalue weighted by molar-refractivity contribution is 1.18. The van der Waals surface area contributed by atoms with E-state index in [9.17, 15) is 0 Å². The predicted molar refractivity (Wildman–Crippen MR) is 226 cm³/mol. The molecule has 0 bridgehead atoms. The quantitative estimate of drug-likeness (QED) is 0.163. The Hall–Kier alpha value is -7.70. The first-order valence-corrected chi connectivity index (χ1v) is 18.5. The number of rotatable bonds is 7. The number of hydrogen-bond donors (Lipinski definition) is 0. The molecular weight excluding hydrogens is 685 g/mol. The van der Waals surface area contributed by atoms with Gasteiger partial charge in [-0.25, -0.2) is 19.9 Å². The van der Waals surface area contributed by atoms with Crippen molar-refractivity contribution in [3.05, 3.63) is 194 Å². The van der Waals surface area contributed by atoms with E-state index in [2.05, 4.69) is 84.9 Å². The van der Waals surface area contributed by atoms with Crippen LogP contribution in [0.5, 0.6) is 0 Å². The summed E-state index contributed by atoms with van der Waals surface area (Å²) in [5, 5.41) is 2.14. The minimum Gasteiger partial charge on any atom is -0.256 e. The van der Waals surface area contributed by atoms with Crippen molar-refractivity contribution >= 4 is 21.8 Å². The molecule has 0 aliphatic heterocycles. The standard InChI is InChI=1S/C50H32N6/c1-3-11-37(12-4-1)49-53-45(29-47(55-49)41-27-39-15-7-9-17-43(39)51-31-41)35-23-19-33(20-24-35)34-21-25-36(26-22-34)46-30-48(56-50(54-46)38-13-5-2-6-14-38)42-28-40-16-8-10-18-44(40)52-32-42/h1-32H. The van der Waals surface area contributed by atoms with E-state index in [1.54, 1.807) is 0 Å². The average Bonchev–Trinajstić information content (AvgIpc) is 3.29.